The fraction of sp³-hybridized carbons (Fsp3) is 0.556. The first-order valence-electron chi connectivity index (χ1n) is 8.19. The lowest BCUT2D eigenvalue weighted by Crippen LogP contribution is -2.34. The van der Waals surface area contributed by atoms with E-state index in [-0.39, 0.29) is 18.2 Å². The molecule has 1 N–H and O–H groups in total. The van der Waals surface area contributed by atoms with Gasteiger partial charge in [-0.1, -0.05) is 25.8 Å². The second kappa shape index (κ2) is 9.87. The molecule has 0 aromatic heterocycles. The maximum Gasteiger partial charge on any atom is 0.223 e. The Bertz CT molecular complexity index is 529. The van der Waals surface area contributed by atoms with Crippen LogP contribution in [0.1, 0.15) is 45.1 Å². The smallest absolute Gasteiger partial charge is 0.223 e. The van der Waals surface area contributed by atoms with E-state index in [1.807, 2.05) is 25.1 Å². The van der Waals surface area contributed by atoms with E-state index >= 15 is 0 Å². The average molecular weight is 320 g/mol. The molecule has 0 radical (unpaired) electrons. The summed E-state index contributed by atoms with van der Waals surface area (Å²) < 4.78 is 5.34. The molecule has 0 aliphatic rings. The quantitative estimate of drug-likeness (QED) is 0.711. The van der Waals surface area contributed by atoms with E-state index in [9.17, 15) is 9.59 Å². The lowest BCUT2D eigenvalue weighted by atomic mass is 10.1. The van der Waals surface area contributed by atoms with E-state index in [4.69, 9.17) is 4.74 Å². The summed E-state index contributed by atoms with van der Waals surface area (Å²) in [7, 11) is 1.58. The van der Waals surface area contributed by atoms with Gasteiger partial charge in [-0.2, -0.15) is 0 Å². The van der Waals surface area contributed by atoms with Crippen LogP contribution in [0.4, 0.5) is 5.69 Å². The molecule has 0 saturated carbocycles. The van der Waals surface area contributed by atoms with Crippen molar-refractivity contribution in [1.29, 1.82) is 0 Å². The highest BCUT2D eigenvalue weighted by Gasteiger charge is 2.17. The van der Waals surface area contributed by atoms with Crippen LogP contribution in [0.2, 0.25) is 0 Å². The Kier molecular flexibility index (Phi) is 8.16. The molecular weight excluding hydrogens is 292 g/mol. The predicted molar refractivity (Wildman–Crippen MR) is 92.9 cm³/mol. The summed E-state index contributed by atoms with van der Waals surface area (Å²) in [6, 6.07) is 5.67. The maximum atomic E-state index is 12.0. The minimum Gasteiger partial charge on any atom is -0.495 e. The number of benzene rings is 1. The van der Waals surface area contributed by atoms with E-state index < -0.39 is 0 Å². The van der Waals surface area contributed by atoms with Crippen LogP contribution in [-0.4, -0.2) is 32.0 Å². The van der Waals surface area contributed by atoms with Crippen LogP contribution in [-0.2, 0) is 9.59 Å². The van der Waals surface area contributed by atoms with Crippen molar-refractivity contribution in [2.45, 2.75) is 46.5 Å². The topological polar surface area (TPSA) is 58.6 Å². The van der Waals surface area contributed by atoms with Gasteiger partial charge in [-0.05, 0) is 31.0 Å². The van der Waals surface area contributed by atoms with Gasteiger partial charge in [0, 0.05) is 26.4 Å². The van der Waals surface area contributed by atoms with Gasteiger partial charge in [-0.3, -0.25) is 9.59 Å². The number of nitrogens with zero attached hydrogens (tertiary/aromatic N) is 1. The van der Waals surface area contributed by atoms with Gasteiger partial charge in [0.05, 0.1) is 12.8 Å². The van der Waals surface area contributed by atoms with Crippen molar-refractivity contribution >= 4 is 17.5 Å². The van der Waals surface area contributed by atoms with Gasteiger partial charge in [0.2, 0.25) is 11.8 Å². The van der Waals surface area contributed by atoms with E-state index in [1.165, 1.54) is 6.92 Å². The Morgan fingerprint density at radius 1 is 1.26 bits per heavy atom. The van der Waals surface area contributed by atoms with Crippen LogP contribution in [0, 0.1) is 6.92 Å². The highest BCUT2D eigenvalue weighted by Crippen LogP contribution is 2.29. The number of nitrogens with one attached hydrogen (secondary N) is 1. The van der Waals surface area contributed by atoms with Crippen molar-refractivity contribution < 1.29 is 14.3 Å². The number of aryl methyl sites for hydroxylation is 1. The van der Waals surface area contributed by atoms with Crippen LogP contribution >= 0.6 is 0 Å². The molecule has 0 bridgehead atoms. The monoisotopic (exact) mass is 320 g/mol. The standard InChI is InChI=1S/C18H28N2O3/c1-5-6-7-11-19-18(22)10-12-20(15(3)21)16-13-14(2)8-9-17(16)23-4/h8-9,13H,5-7,10-12H2,1-4H3,(H,19,22). The molecule has 23 heavy (non-hydrogen) atoms. The van der Waals surface area contributed by atoms with Crippen molar-refractivity contribution in [3.8, 4) is 5.75 Å². The van der Waals surface area contributed by atoms with Gasteiger partial charge in [-0.15, -0.1) is 0 Å². The van der Waals surface area contributed by atoms with E-state index in [0.717, 1.165) is 24.8 Å². The van der Waals surface area contributed by atoms with Crippen LogP contribution in [0.5, 0.6) is 5.75 Å². The molecule has 0 fully saturated rings. The molecule has 0 unspecified atom stereocenters. The van der Waals surface area contributed by atoms with Crippen molar-refractivity contribution in [3.05, 3.63) is 23.8 Å². The minimum atomic E-state index is -0.104. The lowest BCUT2D eigenvalue weighted by molar-refractivity contribution is -0.121. The Balaban J connectivity index is 2.68. The van der Waals surface area contributed by atoms with E-state index in [1.54, 1.807) is 12.0 Å². The molecule has 0 heterocycles. The first-order chi connectivity index (χ1) is 11.0. The Morgan fingerprint density at radius 2 is 2.00 bits per heavy atom. The number of unbranched alkanes of at least 4 members (excludes halogenated alkanes) is 2. The molecule has 5 heteroatoms. The highest BCUT2D eigenvalue weighted by molar-refractivity contribution is 5.94. The fourth-order valence-electron chi connectivity index (χ4n) is 2.36. The number of hydrogen-bond acceptors (Lipinski definition) is 3. The summed E-state index contributed by atoms with van der Waals surface area (Å²) in [6.45, 7) is 6.62. The summed E-state index contributed by atoms with van der Waals surface area (Å²) in [5.41, 5.74) is 1.75. The Morgan fingerprint density at radius 3 is 2.61 bits per heavy atom. The molecule has 0 spiro atoms. The third-order valence-corrected chi connectivity index (χ3v) is 3.67. The van der Waals surface area contributed by atoms with Gasteiger partial charge in [0.25, 0.3) is 0 Å². The van der Waals surface area contributed by atoms with Crippen LogP contribution in [0.25, 0.3) is 0 Å². The summed E-state index contributed by atoms with van der Waals surface area (Å²) in [5.74, 6) is 0.501. The molecular formula is C18H28N2O3. The molecule has 0 saturated heterocycles. The molecule has 2 amide bonds. The van der Waals surface area contributed by atoms with Crippen LogP contribution in [0.15, 0.2) is 18.2 Å². The number of carbonyl (C=O) groups is 2. The SMILES string of the molecule is CCCCCNC(=O)CCN(C(C)=O)c1cc(C)ccc1OC. The first-order valence-corrected chi connectivity index (χ1v) is 8.19. The van der Waals surface area contributed by atoms with Gasteiger partial charge in [0.15, 0.2) is 0 Å². The second-order valence-corrected chi connectivity index (χ2v) is 5.65. The minimum absolute atomic E-state index is 0.0287. The summed E-state index contributed by atoms with van der Waals surface area (Å²) in [5, 5.41) is 2.90. The number of rotatable bonds is 9. The highest BCUT2D eigenvalue weighted by atomic mass is 16.5. The van der Waals surface area contributed by atoms with E-state index in [0.29, 0.717) is 24.5 Å². The number of carbonyl (C=O) groups excluding carboxylic acids is 2. The molecule has 5 nitrogen and oxygen atoms in total. The third-order valence-electron chi connectivity index (χ3n) is 3.67. The summed E-state index contributed by atoms with van der Waals surface area (Å²) in [6.07, 6.45) is 3.51. The Labute approximate surface area is 139 Å². The zero-order valence-electron chi connectivity index (χ0n) is 14.6. The van der Waals surface area contributed by atoms with Crippen molar-refractivity contribution in [2.24, 2.45) is 0 Å². The number of hydrogen-bond donors (Lipinski definition) is 1. The summed E-state index contributed by atoms with van der Waals surface area (Å²) >= 11 is 0. The number of amides is 2. The van der Waals surface area contributed by atoms with E-state index in [2.05, 4.69) is 12.2 Å². The van der Waals surface area contributed by atoms with Crippen molar-refractivity contribution in [1.82, 2.24) is 5.32 Å². The van der Waals surface area contributed by atoms with Crippen molar-refractivity contribution in [2.75, 3.05) is 25.1 Å². The largest absolute Gasteiger partial charge is 0.495 e. The maximum absolute atomic E-state index is 12.0. The molecule has 0 atom stereocenters. The van der Waals surface area contributed by atoms with Gasteiger partial charge < -0.3 is 15.0 Å². The predicted octanol–water partition coefficient (Wildman–Crippen LogP) is 3.05. The Hall–Kier alpha value is -2.04. The normalized spacial score (nSPS) is 10.3. The molecule has 0 aliphatic carbocycles. The first kappa shape index (κ1) is 19.0. The third kappa shape index (κ3) is 6.30. The molecule has 0 aliphatic heterocycles. The van der Waals surface area contributed by atoms with Crippen molar-refractivity contribution in [3.63, 3.8) is 0 Å². The number of ether oxygens (including phenoxy) is 1. The van der Waals surface area contributed by atoms with Gasteiger partial charge in [-0.25, -0.2) is 0 Å². The van der Waals surface area contributed by atoms with Crippen LogP contribution < -0.4 is 15.0 Å². The zero-order chi connectivity index (χ0) is 17.2. The fourth-order valence-corrected chi connectivity index (χ4v) is 2.36. The zero-order valence-corrected chi connectivity index (χ0v) is 14.6. The summed E-state index contributed by atoms with van der Waals surface area (Å²) in [4.78, 5) is 25.5. The van der Waals surface area contributed by atoms with Gasteiger partial charge >= 0.3 is 0 Å². The average Bonchev–Trinajstić information content (AvgIpc) is 2.51. The molecule has 128 valence electrons. The molecule has 1 rings (SSSR count). The second-order valence-electron chi connectivity index (χ2n) is 5.65. The number of methoxy groups -OCH3 is 1. The lowest BCUT2D eigenvalue weighted by Gasteiger charge is -2.23. The number of anilines is 1. The molecule has 1 aromatic rings. The van der Waals surface area contributed by atoms with Gasteiger partial charge in [0.1, 0.15) is 5.75 Å². The van der Waals surface area contributed by atoms with Crippen LogP contribution in [0.3, 0.4) is 0 Å². The molecule has 1 aromatic carbocycles.